The van der Waals surface area contributed by atoms with Gasteiger partial charge in [-0.25, -0.2) is 9.67 Å². The number of aromatic nitrogens is 2. The first-order chi connectivity index (χ1) is 8.06. The lowest BCUT2D eigenvalue weighted by molar-refractivity contribution is 0.872. The van der Waals surface area contributed by atoms with E-state index in [0.717, 1.165) is 11.4 Å². The number of benzene rings is 1. The van der Waals surface area contributed by atoms with Gasteiger partial charge in [-0.2, -0.15) is 5.10 Å². The van der Waals surface area contributed by atoms with Gasteiger partial charge in [-0.15, -0.1) is 0 Å². The maximum atomic E-state index is 5.84. The monoisotopic (exact) mass is 230 g/mol. The summed E-state index contributed by atoms with van der Waals surface area (Å²) in [6, 6.07) is 9.13. The maximum absolute atomic E-state index is 5.84. The van der Waals surface area contributed by atoms with Crippen molar-refractivity contribution in [2.75, 3.05) is 5.73 Å². The zero-order chi connectivity index (χ0) is 12.4. The van der Waals surface area contributed by atoms with Crippen molar-refractivity contribution in [3.63, 3.8) is 0 Å². The summed E-state index contributed by atoms with van der Waals surface area (Å²) in [5.74, 6) is 0.594. The normalized spacial score (nSPS) is 10.2. The Kier molecular flexibility index (Phi) is 2.70. The molecular formula is C11H14N6. The molecule has 0 atom stereocenters. The van der Waals surface area contributed by atoms with Crippen LogP contribution in [0.4, 0.5) is 11.5 Å². The van der Waals surface area contributed by atoms with Crippen molar-refractivity contribution in [3.8, 4) is 5.69 Å². The van der Waals surface area contributed by atoms with Crippen LogP contribution in [0.3, 0.4) is 0 Å². The number of hydrogen-bond acceptors (Lipinski definition) is 3. The average Bonchev–Trinajstić information content (AvgIpc) is 2.57. The quantitative estimate of drug-likeness (QED) is 0.520. The molecule has 6 heteroatoms. The van der Waals surface area contributed by atoms with Crippen molar-refractivity contribution in [3.05, 3.63) is 36.0 Å². The third kappa shape index (κ3) is 2.36. The van der Waals surface area contributed by atoms with E-state index in [4.69, 9.17) is 17.2 Å². The maximum Gasteiger partial charge on any atom is 0.191 e. The van der Waals surface area contributed by atoms with E-state index in [1.807, 2.05) is 25.1 Å². The van der Waals surface area contributed by atoms with E-state index in [0.29, 0.717) is 11.5 Å². The molecule has 0 amide bonds. The van der Waals surface area contributed by atoms with Crippen LogP contribution in [0.25, 0.3) is 5.69 Å². The van der Waals surface area contributed by atoms with Gasteiger partial charge in [0.15, 0.2) is 5.96 Å². The third-order valence-electron chi connectivity index (χ3n) is 2.19. The van der Waals surface area contributed by atoms with Crippen molar-refractivity contribution < 1.29 is 0 Å². The summed E-state index contributed by atoms with van der Waals surface area (Å²) in [5.41, 5.74) is 18.8. The largest absolute Gasteiger partial charge is 0.384 e. The average molecular weight is 230 g/mol. The van der Waals surface area contributed by atoms with Crippen molar-refractivity contribution in [1.82, 2.24) is 9.78 Å². The highest BCUT2D eigenvalue weighted by Gasteiger charge is 2.04. The van der Waals surface area contributed by atoms with Gasteiger partial charge in [0, 0.05) is 6.07 Å². The second-order valence-corrected chi connectivity index (χ2v) is 3.68. The summed E-state index contributed by atoms with van der Waals surface area (Å²) in [5, 5.41) is 4.28. The molecule has 2 rings (SSSR count). The van der Waals surface area contributed by atoms with Gasteiger partial charge >= 0.3 is 0 Å². The van der Waals surface area contributed by atoms with E-state index in [-0.39, 0.29) is 5.96 Å². The summed E-state index contributed by atoms with van der Waals surface area (Å²) >= 11 is 0. The third-order valence-corrected chi connectivity index (χ3v) is 2.19. The summed E-state index contributed by atoms with van der Waals surface area (Å²) < 4.78 is 1.64. The van der Waals surface area contributed by atoms with E-state index < -0.39 is 0 Å². The van der Waals surface area contributed by atoms with Crippen LogP contribution < -0.4 is 17.2 Å². The zero-order valence-electron chi connectivity index (χ0n) is 9.46. The van der Waals surface area contributed by atoms with E-state index in [9.17, 15) is 0 Å². The summed E-state index contributed by atoms with van der Waals surface area (Å²) in [6.45, 7) is 1.88. The van der Waals surface area contributed by atoms with Crippen LogP contribution in [0.1, 0.15) is 5.69 Å². The van der Waals surface area contributed by atoms with Crippen molar-refractivity contribution >= 4 is 17.5 Å². The van der Waals surface area contributed by atoms with Crippen LogP contribution in [-0.4, -0.2) is 15.7 Å². The number of guanidine groups is 1. The van der Waals surface area contributed by atoms with Crippen molar-refractivity contribution in [2.45, 2.75) is 6.92 Å². The number of nitrogens with two attached hydrogens (primary N) is 3. The number of aryl methyl sites for hydroxylation is 1. The molecule has 0 saturated carbocycles. The number of anilines is 1. The number of aliphatic imine (C=N–C) groups is 1. The van der Waals surface area contributed by atoms with Gasteiger partial charge in [0.2, 0.25) is 0 Å². The highest BCUT2D eigenvalue weighted by Crippen LogP contribution is 2.19. The molecule has 0 saturated heterocycles. The Morgan fingerprint density at radius 3 is 2.65 bits per heavy atom. The Morgan fingerprint density at radius 2 is 2.06 bits per heavy atom. The molecule has 0 fully saturated rings. The van der Waals surface area contributed by atoms with Gasteiger partial charge in [0.25, 0.3) is 0 Å². The summed E-state index contributed by atoms with van der Waals surface area (Å²) in [4.78, 5) is 3.97. The van der Waals surface area contributed by atoms with Crippen molar-refractivity contribution in [1.29, 1.82) is 0 Å². The van der Waals surface area contributed by atoms with Gasteiger partial charge in [-0.1, -0.05) is 6.07 Å². The molecule has 0 aliphatic rings. The molecule has 0 aliphatic heterocycles. The highest BCUT2D eigenvalue weighted by atomic mass is 15.3. The fourth-order valence-corrected chi connectivity index (χ4v) is 1.57. The lowest BCUT2D eigenvalue weighted by atomic mass is 10.3. The minimum absolute atomic E-state index is 0.0202. The van der Waals surface area contributed by atoms with Crippen molar-refractivity contribution in [2.24, 2.45) is 16.5 Å². The van der Waals surface area contributed by atoms with Crippen LogP contribution in [0.5, 0.6) is 0 Å². The van der Waals surface area contributed by atoms with Gasteiger partial charge in [-0.05, 0) is 25.1 Å². The number of rotatable bonds is 2. The first-order valence-electron chi connectivity index (χ1n) is 5.08. The molecule has 6 nitrogen and oxygen atoms in total. The highest BCUT2D eigenvalue weighted by molar-refractivity contribution is 5.79. The zero-order valence-corrected chi connectivity index (χ0v) is 9.46. The minimum Gasteiger partial charge on any atom is -0.384 e. The SMILES string of the molecule is Cc1cc(N)n(-c2cccc(N=C(N)N)c2)n1. The van der Waals surface area contributed by atoms with Gasteiger partial charge in [0.05, 0.1) is 17.1 Å². The van der Waals surface area contributed by atoms with Crippen LogP contribution in [0, 0.1) is 6.92 Å². The Balaban J connectivity index is 2.46. The van der Waals surface area contributed by atoms with Crippen LogP contribution in [0.15, 0.2) is 35.3 Å². The molecule has 1 aromatic heterocycles. The lowest BCUT2D eigenvalue weighted by Crippen LogP contribution is -2.21. The molecule has 0 radical (unpaired) electrons. The van der Waals surface area contributed by atoms with E-state index in [2.05, 4.69) is 10.1 Å². The van der Waals surface area contributed by atoms with Gasteiger partial charge in [0.1, 0.15) is 5.82 Å². The summed E-state index contributed by atoms with van der Waals surface area (Å²) in [6.07, 6.45) is 0. The smallest absolute Gasteiger partial charge is 0.191 e. The van der Waals surface area contributed by atoms with Crippen LogP contribution in [-0.2, 0) is 0 Å². The Labute approximate surface area is 98.7 Å². The van der Waals surface area contributed by atoms with Crippen LogP contribution >= 0.6 is 0 Å². The molecule has 88 valence electrons. The Morgan fingerprint density at radius 1 is 1.29 bits per heavy atom. The standard InChI is InChI=1S/C11H14N6/c1-7-5-10(12)17(16-7)9-4-2-3-8(6-9)15-11(13)14/h2-6H,12H2,1H3,(H4,13,14,15). The fourth-order valence-electron chi connectivity index (χ4n) is 1.57. The molecule has 0 spiro atoms. The van der Waals surface area contributed by atoms with Crippen LogP contribution in [0.2, 0.25) is 0 Å². The number of nitrogen functional groups attached to an aromatic ring is 1. The number of hydrogen-bond donors (Lipinski definition) is 3. The Bertz CT molecular complexity index is 565. The molecule has 1 aromatic carbocycles. The molecule has 0 aliphatic carbocycles. The van der Waals surface area contributed by atoms with E-state index in [1.165, 1.54) is 0 Å². The van der Waals surface area contributed by atoms with Gasteiger partial charge in [-0.3, -0.25) is 0 Å². The van der Waals surface area contributed by atoms with E-state index in [1.54, 1.807) is 16.8 Å². The molecular weight excluding hydrogens is 216 g/mol. The topological polar surface area (TPSA) is 108 Å². The molecule has 1 heterocycles. The molecule has 6 N–H and O–H groups in total. The molecule has 0 unspecified atom stereocenters. The molecule has 17 heavy (non-hydrogen) atoms. The van der Waals surface area contributed by atoms with Gasteiger partial charge < -0.3 is 17.2 Å². The lowest BCUT2D eigenvalue weighted by Gasteiger charge is -2.04. The molecule has 0 bridgehead atoms. The Hall–Kier alpha value is -2.50. The second-order valence-electron chi connectivity index (χ2n) is 3.68. The predicted molar refractivity (Wildman–Crippen MR) is 68.2 cm³/mol. The second kappa shape index (κ2) is 4.17. The van der Waals surface area contributed by atoms with E-state index >= 15 is 0 Å². The predicted octanol–water partition coefficient (Wildman–Crippen LogP) is 0.668. The first-order valence-corrected chi connectivity index (χ1v) is 5.08. The first kappa shape index (κ1) is 11.0. The number of nitrogens with zero attached hydrogens (tertiary/aromatic N) is 3. The summed E-state index contributed by atoms with van der Waals surface area (Å²) in [7, 11) is 0. The fraction of sp³-hybridized carbons (Fsp3) is 0.0909. The minimum atomic E-state index is 0.0202. The molecule has 2 aromatic rings.